The summed E-state index contributed by atoms with van der Waals surface area (Å²) in [6.45, 7) is 14.1. The molecule has 10 fully saturated rings. The van der Waals surface area contributed by atoms with Crippen molar-refractivity contribution in [3.63, 3.8) is 0 Å². The maximum atomic E-state index is 12.5. The second-order valence-corrected chi connectivity index (χ2v) is 25.8. The highest BCUT2D eigenvalue weighted by molar-refractivity contribution is 5.59. The fraction of sp³-hybridized carbons (Fsp3) is 0.981. The molecule has 21 nitrogen and oxygen atoms in total. The molecule has 5 aliphatic carbocycles. The van der Waals surface area contributed by atoms with E-state index in [2.05, 4.69) is 41.5 Å². The van der Waals surface area contributed by atoms with Gasteiger partial charge in [0.2, 0.25) is 0 Å². The van der Waals surface area contributed by atoms with Crippen molar-refractivity contribution in [1.82, 2.24) is 0 Å². The molecule has 2 unspecified atom stereocenters. The summed E-state index contributed by atoms with van der Waals surface area (Å²) in [6, 6.07) is 0. The van der Waals surface area contributed by atoms with Crippen LogP contribution in [0.25, 0.3) is 0 Å². The Labute approximate surface area is 426 Å². The molecule has 0 amide bonds. The molecule has 11 N–H and O–H groups in total. The number of hydrogen-bond donors (Lipinski definition) is 11. The van der Waals surface area contributed by atoms with E-state index in [-0.39, 0.29) is 46.2 Å². The largest absolute Gasteiger partial charge is 0.394 e. The topological polar surface area (TPSA) is 323 Å². The second kappa shape index (κ2) is 19.3. The van der Waals surface area contributed by atoms with Crippen molar-refractivity contribution in [3.05, 3.63) is 0 Å². The van der Waals surface area contributed by atoms with Crippen LogP contribution < -0.4 is 0 Å². The summed E-state index contributed by atoms with van der Waals surface area (Å²) in [5.41, 5.74) is -2.19. The number of carbonyl (C=O) groups excluding carboxylic acids is 1. The predicted molar refractivity (Wildman–Crippen MR) is 249 cm³/mol. The SMILES string of the molecule is C[C@@H]1O[C@@H](O[C@H]2[C@H](O)[C@@H](CO)O[C@@H](O[C@H]3CO[C@@H](O[C@H]4CC[C@@]5(C)C(CC[C@]6(C)C5CC[C@]57OC[C@@]8(CC[C@](C)(C=O)C[C@H]85)[C@H](O)C[C@]76C)C4(C)C)[C@H](O)[C@H]3O)[C@@H]2O[C@@H]2OC[C@@H](O)[C@H](O)[C@H]2O)[C@H](O)[C@H](O)[C@H]1O. The first-order valence-corrected chi connectivity index (χ1v) is 26.9. The van der Waals surface area contributed by atoms with Crippen molar-refractivity contribution in [2.45, 2.75) is 241 Å². The van der Waals surface area contributed by atoms with Gasteiger partial charge in [0.25, 0.3) is 0 Å². The lowest BCUT2D eigenvalue weighted by Crippen LogP contribution is -2.74. The Morgan fingerprint density at radius 3 is 1.96 bits per heavy atom. The molecule has 0 radical (unpaired) electrons. The molecule has 1 spiro atoms. The number of ether oxygens (including phenoxy) is 9. The molecule has 21 heteroatoms. The van der Waals surface area contributed by atoms with Crippen LogP contribution in [0.1, 0.15) is 113 Å². The third-order valence-corrected chi connectivity index (χ3v) is 21.9. The Kier molecular flexibility index (Phi) is 14.6. The van der Waals surface area contributed by atoms with Crippen LogP contribution in [0.2, 0.25) is 0 Å². The Morgan fingerprint density at radius 2 is 1.25 bits per heavy atom. The molecule has 418 valence electrons. The van der Waals surface area contributed by atoms with Gasteiger partial charge in [-0.2, -0.15) is 0 Å². The summed E-state index contributed by atoms with van der Waals surface area (Å²) in [4.78, 5) is 12.5. The zero-order valence-corrected chi connectivity index (χ0v) is 43.3. The first kappa shape index (κ1) is 55.2. The molecule has 0 aromatic rings. The molecule has 10 aliphatic rings. The quantitative estimate of drug-likeness (QED) is 0.0936. The molecule has 29 atom stereocenters. The first-order valence-electron chi connectivity index (χ1n) is 26.9. The number of aliphatic hydroxyl groups is 11. The molecular weight excluding hydrogens is 961 g/mol. The highest BCUT2D eigenvalue weighted by Crippen LogP contribution is 2.80. The van der Waals surface area contributed by atoms with E-state index in [1.165, 1.54) is 6.92 Å². The smallest absolute Gasteiger partial charge is 0.187 e. The van der Waals surface area contributed by atoms with E-state index in [4.69, 9.17) is 42.6 Å². The van der Waals surface area contributed by atoms with Crippen LogP contribution in [0.3, 0.4) is 0 Å². The van der Waals surface area contributed by atoms with Crippen molar-refractivity contribution in [2.75, 3.05) is 26.4 Å². The number of hydrogen-bond acceptors (Lipinski definition) is 21. The van der Waals surface area contributed by atoms with E-state index in [0.29, 0.717) is 25.4 Å². The monoisotopic (exact) mass is 1040 g/mol. The third kappa shape index (κ3) is 8.25. The van der Waals surface area contributed by atoms with E-state index < -0.39 is 146 Å². The zero-order valence-electron chi connectivity index (χ0n) is 43.3. The maximum Gasteiger partial charge on any atom is 0.187 e. The van der Waals surface area contributed by atoms with Crippen molar-refractivity contribution in [1.29, 1.82) is 0 Å². The van der Waals surface area contributed by atoms with Gasteiger partial charge in [-0.3, -0.25) is 0 Å². The van der Waals surface area contributed by atoms with Gasteiger partial charge < -0.3 is 104 Å². The number of rotatable bonds is 10. The van der Waals surface area contributed by atoms with Crippen LogP contribution in [-0.4, -0.2) is 217 Å². The third-order valence-electron chi connectivity index (χ3n) is 21.9. The summed E-state index contributed by atoms with van der Waals surface area (Å²) < 4.78 is 55.5. The molecule has 5 aliphatic heterocycles. The van der Waals surface area contributed by atoms with Gasteiger partial charge in [0.1, 0.15) is 85.6 Å². The molecular formula is C52H84O21. The molecule has 73 heavy (non-hydrogen) atoms. The van der Waals surface area contributed by atoms with Gasteiger partial charge >= 0.3 is 0 Å². The summed E-state index contributed by atoms with van der Waals surface area (Å²) in [6.07, 6.45) is -20.6. The number of fused-ring (bicyclic) bond motifs is 4. The lowest BCUT2D eigenvalue weighted by molar-refractivity contribution is -0.397. The minimum Gasteiger partial charge on any atom is -0.394 e. The molecule has 5 saturated heterocycles. The van der Waals surface area contributed by atoms with Gasteiger partial charge in [-0.05, 0) is 105 Å². The Bertz CT molecular complexity index is 2000. The molecule has 5 saturated carbocycles. The lowest BCUT2D eigenvalue weighted by Gasteiger charge is -2.75. The zero-order chi connectivity index (χ0) is 52.7. The van der Waals surface area contributed by atoms with Crippen molar-refractivity contribution >= 4 is 6.29 Å². The van der Waals surface area contributed by atoms with Crippen molar-refractivity contribution in [2.24, 2.45) is 50.2 Å². The number of aliphatic hydroxyl groups excluding tert-OH is 11. The van der Waals surface area contributed by atoms with E-state index in [1.807, 2.05) is 0 Å². The summed E-state index contributed by atoms with van der Waals surface area (Å²) >= 11 is 0. The number of carbonyl (C=O) groups is 1. The molecule has 5 heterocycles. The molecule has 2 bridgehead atoms. The highest BCUT2D eigenvalue weighted by atomic mass is 16.8. The summed E-state index contributed by atoms with van der Waals surface area (Å²) in [5, 5.41) is 121. The van der Waals surface area contributed by atoms with Crippen LogP contribution >= 0.6 is 0 Å². The predicted octanol–water partition coefficient (Wildman–Crippen LogP) is -0.866. The minimum absolute atomic E-state index is 0.105. The minimum atomic E-state index is -1.85. The Hall–Kier alpha value is -1.13. The van der Waals surface area contributed by atoms with Gasteiger partial charge in [0.15, 0.2) is 25.2 Å². The van der Waals surface area contributed by atoms with Crippen LogP contribution in [-0.2, 0) is 47.4 Å². The molecule has 10 rings (SSSR count). The highest BCUT2D eigenvalue weighted by Gasteiger charge is 2.80. The van der Waals surface area contributed by atoms with E-state index in [1.54, 1.807) is 0 Å². The average Bonchev–Trinajstić information content (AvgIpc) is 3.64. The molecule has 0 aromatic heterocycles. The molecule has 0 aromatic carbocycles. The van der Waals surface area contributed by atoms with Crippen LogP contribution in [0.15, 0.2) is 0 Å². The average molecular weight is 1050 g/mol. The fourth-order valence-electron chi connectivity index (χ4n) is 17.3. The van der Waals surface area contributed by atoms with Gasteiger partial charge in [0.05, 0.1) is 50.3 Å². The Balaban J connectivity index is 0.840. The van der Waals surface area contributed by atoms with Crippen molar-refractivity contribution < 1.29 is 104 Å². The van der Waals surface area contributed by atoms with Crippen LogP contribution in [0.4, 0.5) is 0 Å². The van der Waals surface area contributed by atoms with E-state index in [9.17, 15) is 61.0 Å². The van der Waals surface area contributed by atoms with Crippen LogP contribution in [0, 0.1) is 50.2 Å². The standard InChI is InChI=1S/C52H84O21/c1-23-32(57)36(61)39(64)44(68-23)72-40-35(60)25(18-53)69-45(41(40)73-43-37(62)33(58)24(55)19-65-43)70-26-20-66-42(38(63)34(26)59)71-31-10-11-48(5)27(46(31,2)3)8-12-49(6)28(48)9-13-52-29-16-47(4,21-54)14-15-51(29,22-67-52)30(56)17-50(49,52)7/h21,23-45,53,55-64H,8-20,22H2,1-7H3/t23-,24+,25+,26-,27?,28?,29+,30+,31-,32-,33-,34-,35+,36+,37+,38+,39+,40-,41+,42-,43-,44-,45-,47-,48-,49+,50-,51+,52-/m0/s1. The first-order chi connectivity index (χ1) is 34.3. The van der Waals surface area contributed by atoms with Gasteiger partial charge in [-0.25, -0.2) is 0 Å². The lowest BCUT2D eigenvalue weighted by atomic mass is 9.30. The fourth-order valence-corrected chi connectivity index (χ4v) is 17.3. The Morgan fingerprint density at radius 1 is 0.589 bits per heavy atom. The van der Waals surface area contributed by atoms with Gasteiger partial charge in [0, 0.05) is 16.2 Å². The summed E-state index contributed by atoms with van der Waals surface area (Å²) in [7, 11) is 0. The van der Waals surface area contributed by atoms with Gasteiger partial charge in [-0.15, -0.1) is 0 Å². The van der Waals surface area contributed by atoms with Crippen LogP contribution in [0.5, 0.6) is 0 Å². The second-order valence-electron chi connectivity index (χ2n) is 25.8. The van der Waals surface area contributed by atoms with Gasteiger partial charge in [-0.1, -0.05) is 41.5 Å². The number of aldehydes is 1. The van der Waals surface area contributed by atoms with E-state index >= 15 is 0 Å². The van der Waals surface area contributed by atoms with E-state index in [0.717, 1.165) is 57.7 Å². The normalized spacial score (nSPS) is 58.7. The maximum absolute atomic E-state index is 12.5. The van der Waals surface area contributed by atoms with Crippen molar-refractivity contribution in [3.8, 4) is 0 Å². The summed E-state index contributed by atoms with van der Waals surface area (Å²) in [5.74, 6) is 0.628.